The molecule has 0 saturated heterocycles. The van der Waals surface area contributed by atoms with Gasteiger partial charge in [-0.2, -0.15) is 0 Å². The van der Waals surface area contributed by atoms with Crippen LogP contribution in [0.25, 0.3) is 11.0 Å². The van der Waals surface area contributed by atoms with Gasteiger partial charge in [-0.15, -0.1) is 5.10 Å². The van der Waals surface area contributed by atoms with Crippen molar-refractivity contribution in [2.75, 3.05) is 11.9 Å². The summed E-state index contributed by atoms with van der Waals surface area (Å²) in [6.45, 7) is 10.9. The average Bonchev–Trinajstić information content (AvgIpc) is 3.14. The highest BCUT2D eigenvalue weighted by molar-refractivity contribution is 6.06. The van der Waals surface area contributed by atoms with Gasteiger partial charge in [-0.1, -0.05) is 23.4 Å². The number of benzene rings is 2. The number of carbonyl (C=O) groups is 2. The first-order valence-corrected chi connectivity index (χ1v) is 10.4. The van der Waals surface area contributed by atoms with Crippen molar-refractivity contribution < 1.29 is 14.3 Å². The van der Waals surface area contributed by atoms with E-state index in [9.17, 15) is 9.59 Å². The highest BCUT2D eigenvalue weighted by Gasteiger charge is 2.22. The molecule has 3 aromatic rings. The molecule has 0 aliphatic heterocycles. The maximum Gasteiger partial charge on any atom is 0.410 e. The number of aromatic nitrogens is 3. The lowest BCUT2D eigenvalue weighted by Crippen LogP contribution is -2.36. The second kappa shape index (κ2) is 9.16. The molecule has 1 aromatic heterocycles. The van der Waals surface area contributed by atoms with Crippen molar-refractivity contribution in [3.63, 3.8) is 0 Å². The van der Waals surface area contributed by atoms with E-state index in [0.29, 0.717) is 36.4 Å². The molecule has 3 rings (SSSR count). The third kappa shape index (κ3) is 5.39. The Morgan fingerprint density at radius 1 is 1.13 bits per heavy atom. The number of nitrogens with one attached hydrogen (secondary N) is 1. The van der Waals surface area contributed by atoms with Gasteiger partial charge in [0.1, 0.15) is 11.1 Å². The number of anilines is 1. The van der Waals surface area contributed by atoms with Crippen LogP contribution in [0.2, 0.25) is 0 Å². The van der Waals surface area contributed by atoms with Crippen LogP contribution in [0, 0.1) is 0 Å². The molecule has 0 aliphatic carbocycles. The van der Waals surface area contributed by atoms with E-state index in [4.69, 9.17) is 4.74 Å². The third-order valence-electron chi connectivity index (χ3n) is 4.74. The van der Waals surface area contributed by atoms with Crippen LogP contribution in [0.3, 0.4) is 0 Å². The SMILES string of the molecule is CCN(Cc1ccccc1NC(=O)c1ccc2c(c1)nnn2CC)C(=O)OC(C)(C)C. The van der Waals surface area contributed by atoms with Crippen LogP contribution in [-0.4, -0.2) is 44.0 Å². The molecule has 1 N–H and O–H groups in total. The number of nitrogens with zero attached hydrogens (tertiary/aromatic N) is 4. The Labute approximate surface area is 182 Å². The van der Waals surface area contributed by atoms with Crippen molar-refractivity contribution in [3.8, 4) is 0 Å². The highest BCUT2D eigenvalue weighted by atomic mass is 16.6. The second-order valence-electron chi connectivity index (χ2n) is 8.21. The van der Waals surface area contributed by atoms with Gasteiger partial charge in [-0.05, 0) is 64.4 Å². The van der Waals surface area contributed by atoms with Gasteiger partial charge in [0, 0.05) is 24.3 Å². The molecule has 8 heteroatoms. The zero-order valence-electron chi connectivity index (χ0n) is 18.7. The monoisotopic (exact) mass is 423 g/mol. The number of amides is 2. The van der Waals surface area contributed by atoms with E-state index >= 15 is 0 Å². The third-order valence-corrected chi connectivity index (χ3v) is 4.74. The van der Waals surface area contributed by atoms with Gasteiger partial charge in [0.05, 0.1) is 12.1 Å². The molecule has 0 spiro atoms. The fraction of sp³-hybridized carbons (Fsp3) is 0.391. The Kier molecular flexibility index (Phi) is 6.58. The number of hydrogen-bond donors (Lipinski definition) is 1. The fourth-order valence-corrected chi connectivity index (χ4v) is 3.16. The van der Waals surface area contributed by atoms with E-state index in [1.165, 1.54) is 0 Å². The largest absolute Gasteiger partial charge is 0.444 e. The summed E-state index contributed by atoms with van der Waals surface area (Å²) in [5.41, 5.74) is 2.94. The lowest BCUT2D eigenvalue weighted by Gasteiger charge is -2.27. The summed E-state index contributed by atoms with van der Waals surface area (Å²) in [6, 6.07) is 12.8. The normalized spacial score (nSPS) is 11.4. The van der Waals surface area contributed by atoms with Crippen LogP contribution in [0.4, 0.5) is 10.5 Å². The minimum Gasteiger partial charge on any atom is -0.444 e. The summed E-state index contributed by atoms with van der Waals surface area (Å²) < 4.78 is 7.27. The van der Waals surface area contributed by atoms with Gasteiger partial charge in [0.25, 0.3) is 5.91 Å². The summed E-state index contributed by atoms with van der Waals surface area (Å²) in [5.74, 6) is -0.249. The average molecular weight is 424 g/mol. The molecule has 0 radical (unpaired) electrons. The van der Waals surface area contributed by atoms with Crippen molar-refractivity contribution in [1.82, 2.24) is 19.9 Å². The van der Waals surface area contributed by atoms with Gasteiger partial charge < -0.3 is 15.0 Å². The number of aryl methyl sites for hydroxylation is 1. The fourth-order valence-electron chi connectivity index (χ4n) is 3.16. The molecule has 2 aromatic carbocycles. The number of rotatable bonds is 6. The molecule has 8 nitrogen and oxygen atoms in total. The van der Waals surface area contributed by atoms with Crippen molar-refractivity contribution in [1.29, 1.82) is 0 Å². The van der Waals surface area contributed by atoms with Crippen LogP contribution in [0.1, 0.15) is 50.5 Å². The molecule has 0 aliphatic rings. The van der Waals surface area contributed by atoms with E-state index in [0.717, 1.165) is 11.1 Å². The minimum atomic E-state index is -0.573. The Morgan fingerprint density at radius 2 is 1.87 bits per heavy atom. The number of fused-ring (bicyclic) bond motifs is 1. The van der Waals surface area contributed by atoms with E-state index in [2.05, 4.69) is 15.6 Å². The van der Waals surface area contributed by atoms with Crippen molar-refractivity contribution >= 4 is 28.7 Å². The van der Waals surface area contributed by atoms with Crippen molar-refractivity contribution in [3.05, 3.63) is 53.6 Å². The minimum absolute atomic E-state index is 0.249. The Hall–Kier alpha value is -3.42. The summed E-state index contributed by atoms with van der Waals surface area (Å²) in [4.78, 5) is 27.0. The van der Waals surface area contributed by atoms with Gasteiger partial charge >= 0.3 is 6.09 Å². The maximum atomic E-state index is 12.9. The maximum absolute atomic E-state index is 12.9. The molecule has 0 atom stereocenters. The Morgan fingerprint density at radius 3 is 2.55 bits per heavy atom. The summed E-state index contributed by atoms with van der Waals surface area (Å²) in [6.07, 6.45) is -0.388. The molecule has 2 amide bonds. The second-order valence-corrected chi connectivity index (χ2v) is 8.21. The zero-order valence-corrected chi connectivity index (χ0v) is 18.7. The Balaban J connectivity index is 1.78. The number of hydrogen-bond acceptors (Lipinski definition) is 5. The van der Waals surface area contributed by atoms with Crippen LogP contribution in [0.15, 0.2) is 42.5 Å². The summed E-state index contributed by atoms with van der Waals surface area (Å²) in [7, 11) is 0. The molecule has 31 heavy (non-hydrogen) atoms. The molecule has 0 saturated carbocycles. The first kappa shape index (κ1) is 22.3. The van der Waals surface area contributed by atoms with Crippen LogP contribution < -0.4 is 5.32 Å². The van der Waals surface area contributed by atoms with E-state index in [1.54, 1.807) is 21.7 Å². The van der Waals surface area contributed by atoms with Crippen molar-refractivity contribution in [2.45, 2.75) is 53.3 Å². The van der Waals surface area contributed by atoms with Gasteiger partial charge in [0.15, 0.2) is 0 Å². The van der Waals surface area contributed by atoms with Crippen LogP contribution >= 0.6 is 0 Å². The molecule has 1 heterocycles. The smallest absolute Gasteiger partial charge is 0.410 e. The molecule has 0 bridgehead atoms. The van der Waals surface area contributed by atoms with E-state index in [1.807, 2.05) is 65.0 Å². The number of ether oxygens (including phenoxy) is 1. The lowest BCUT2D eigenvalue weighted by atomic mass is 10.1. The van der Waals surface area contributed by atoms with Gasteiger partial charge in [-0.25, -0.2) is 9.48 Å². The molecular formula is C23H29N5O3. The zero-order chi connectivity index (χ0) is 22.6. The Bertz CT molecular complexity index is 1080. The van der Waals surface area contributed by atoms with Gasteiger partial charge in [0.2, 0.25) is 0 Å². The lowest BCUT2D eigenvalue weighted by molar-refractivity contribution is 0.0245. The first-order chi connectivity index (χ1) is 14.7. The number of carbonyl (C=O) groups excluding carboxylic acids is 2. The number of para-hydroxylation sites is 1. The standard InChI is InChI=1S/C23H29N5O3/c1-6-27(22(30)31-23(3,4)5)15-17-10-8-9-11-18(17)24-21(29)16-12-13-20-19(14-16)25-26-28(20)7-2/h8-14H,6-7,15H2,1-5H3,(H,24,29). The molecule has 0 unspecified atom stereocenters. The van der Waals surface area contributed by atoms with Crippen molar-refractivity contribution in [2.24, 2.45) is 0 Å². The van der Waals surface area contributed by atoms with E-state index in [-0.39, 0.29) is 12.0 Å². The predicted octanol–water partition coefficient (Wildman–Crippen LogP) is 4.46. The quantitative estimate of drug-likeness (QED) is 0.632. The van der Waals surface area contributed by atoms with Gasteiger partial charge in [-0.3, -0.25) is 4.79 Å². The van der Waals surface area contributed by atoms with Crippen LogP contribution in [-0.2, 0) is 17.8 Å². The first-order valence-electron chi connectivity index (χ1n) is 10.4. The topological polar surface area (TPSA) is 89.4 Å². The molecular weight excluding hydrogens is 394 g/mol. The predicted molar refractivity (Wildman–Crippen MR) is 120 cm³/mol. The van der Waals surface area contributed by atoms with Crippen LogP contribution in [0.5, 0.6) is 0 Å². The van der Waals surface area contributed by atoms with E-state index < -0.39 is 5.60 Å². The summed E-state index contributed by atoms with van der Waals surface area (Å²) in [5, 5.41) is 11.2. The summed E-state index contributed by atoms with van der Waals surface area (Å²) >= 11 is 0. The molecule has 164 valence electrons. The molecule has 0 fully saturated rings. The highest BCUT2D eigenvalue weighted by Crippen LogP contribution is 2.21.